The van der Waals surface area contributed by atoms with Gasteiger partial charge in [-0.2, -0.15) is 0 Å². The molecule has 0 bridgehead atoms. The molecule has 2 N–H and O–H groups in total. The molecule has 0 spiro atoms. The fourth-order valence-corrected chi connectivity index (χ4v) is 3.48. The fourth-order valence-electron chi connectivity index (χ4n) is 1.97. The van der Waals surface area contributed by atoms with Gasteiger partial charge >= 0.3 is 0 Å². The van der Waals surface area contributed by atoms with E-state index in [9.17, 15) is 8.42 Å². The Morgan fingerprint density at radius 2 is 2.11 bits per heavy atom. The molecule has 6 nitrogen and oxygen atoms in total. The molecule has 0 saturated carbocycles. The van der Waals surface area contributed by atoms with Crippen LogP contribution in [0.25, 0.3) is 0 Å². The number of nitrogens with one attached hydrogen (secondary N) is 1. The van der Waals surface area contributed by atoms with Gasteiger partial charge in [-0.3, -0.25) is 0 Å². The van der Waals surface area contributed by atoms with Crippen molar-refractivity contribution in [2.24, 2.45) is 0 Å². The Morgan fingerprint density at radius 3 is 2.67 bits per heavy atom. The summed E-state index contributed by atoms with van der Waals surface area (Å²) >= 11 is 0. The van der Waals surface area contributed by atoms with Crippen molar-refractivity contribution in [1.29, 1.82) is 0 Å². The van der Waals surface area contributed by atoms with Gasteiger partial charge in [0.15, 0.2) is 0 Å². The number of rotatable bonds is 4. The third-order valence-electron chi connectivity index (χ3n) is 2.91. The summed E-state index contributed by atoms with van der Waals surface area (Å²) < 4.78 is 37.3. The van der Waals surface area contributed by atoms with E-state index in [-0.39, 0.29) is 23.3 Å². The Bertz CT molecular complexity index is 502. The minimum absolute atomic E-state index is 0.0954. The SMILES string of the molecule is Cc1oc(CO)cc1S(=O)(=O)NC1CCOCC1. The van der Waals surface area contributed by atoms with Crippen LogP contribution >= 0.6 is 0 Å². The molecule has 2 rings (SSSR count). The quantitative estimate of drug-likeness (QED) is 0.837. The average molecular weight is 275 g/mol. The normalized spacial score (nSPS) is 18.1. The van der Waals surface area contributed by atoms with Crippen LogP contribution in [0.3, 0.4) is 0 Å². The summed E-state index contributed by atoms with van der Waals surface area (Å²) in [6, 6.07) is 1.26. The summed E-state index contributed by atoms with van der Waals surface area (Å²) in [5.41, 5.74) is 0. The first kappa shape index (κ1) is 13.5. The monoisotopic (exact) mass is 275 g/mol. The first-order chi connectivity index (χ1) is 8.53. The Morgan fingerprint density at radius 1 is 1.44 bits per heavy atom. The van der Waals surface area contributed by atoms with Gasteiger partial charge in [-0.05, 0) is 19.8 Å². The number of hydrogen-bond acceptors (Lipinski definition) is 5. The first-order valence-electron chi connectivity index (χ1n) is 5.83. The van der Waals surface area contributed by atoms with Crippen molar-refractivity contribution in [1.82, 2.24) is 4.72 Å². The summed E-state index contributed by atoms with van der Waals surface area (Å²) in [5.74, 6) is 0.540. The van der Waals surface area contributed by atoms with Crippen LogP contribution in [0.15, 0.2) is 15.4 Å². The van der Waals surface area contributed by atoms with Crippen molar-refractivity contribution in [2.75, 3.05) is 13.2 Å². The third-order valence-corrected chi connectivity index (χ3v) is 4.54. The largest absolute Gasteiger partial charge is 0.462 e. The Hall–Kier alpha value is -0.890. The molecular formula is C11H17NO5S. The lowest BCUT2D eigenvalue weighted by Gasteiger charge is -2.22. The predicted octanol–water partition coefficient (Wildman–Crippen LogP) is 0.538. The number of aliphatic hydroxyl groups is 1. The van der Waals surface area contributed by atoms with Crippen LogP contribution in [0.5, 0.6) is 0 Å². The lowest BCUT2D eigenvalue weighted by Crippen LogP contribution is -2.38. The van der Waals surface area contributed by atoms with Crippen LogP contribution in [0, 0.1) is 6.92 Å². The molecule has 1 saturated heterocycles. The van der Waals surface area contributed by atoms with Crippen LogP contribution in [0.4, 0.5) is 0 Å². The van der Waals surface area contributed by atoms with Crippen molar-refractivity contribution in [3.8, 4) is 0 Å². The number of ether oxygens (including phenoxy) is 1. The Balaban J connectivity index is 2.16. The second kappa shape index (κ2) is 5.40. The van der Waals surface area contributed by atoms with E-state index < -0.39 is 10.0 Å². The van der Waals surface area contributed by atoms with E-state index in [0.717, 1.165) is 0 Å². The number of aliphatic hydroxyl groups excluding tert-OH is 1. The van der Waals surface area contributed by atoms with Gasteiger partial charge in [0.1, 0.15) is 23.0 Å². The summed E-state index contributed by atoms with van der Waals surface area (Å²) in [6.45, 7) is 2.39. The van der Waals surface area contributed by atoms with Crippen molar-refractivity contribution in [2.45, 2.75) is 37.3 Å². The zero-order valence-corrected chi connectivity index (χ0v) is 11.0. The van der Waals surface area contributed by atoms with E-state index in [1.54, 1.807) is 6.92 Å². The molecule has 1 aliphatic heterocycles. The molecule has 0 radical (unpaired) electrons. The molecular weight excluding hydrogens is 258 g/mol. The highest BCUT2D eigenvalue weighted by atomic mass is 32.2. The minimum atomic E-state index is -3.59. The van der Waals surface area contributed by atoms with Crippen LogP contribution in [0.2, 0.25) is 0 Å². The van der Waals surface area contributed by atoms with Gasteiger partial charge < -0.3 is 14.3 Å². The maximum Gasteiger partial charge on any atom is 0.244 e. The van der Waals surface area contributed by atoms with Gasteiger partial charge in [0.2, 0.25) is 10.0 Å². The van der Waals surface area contributed by atoms with Crippen LogP contribution in [-0.4, -0.2) is 32.8 Å². The molecule has 0 unspecified atom stereocenters. The molecule has 0 amide bonds. The van der Waals surface area contributed by atoms with E-state index >= 15 is 0 Å². The summed E-state index contributed by atoms with van der Waals surface area (Å²) in [4.78, 5) is 0.0954. The van der Waals surface area contributed by atoms with E-state index in [4.69, 9.17) is 14.3 Å². The van der Waals surface area contributed by atoms with Crippen molar-refractivity contribution in [3.05, 3.63) is 17.6 Å². The second-order valence-electron chi connectivity index (χ2n) is 4.30. The lowest BCUT2D eigenvalue weighted by molar-refractivity contribution is 0.0832. The van der Waals surface area contributed by atoms with E-state index in [1.165, 1.54) is 6.07 Å². The zero-order valence-electron chi connectivity index (χ0n) is 10.2. The molecule has 7 heteroatoms. The van der Waals surface area contributed by atoms with Crippen LogP contribution in [-0.2, 0) is 21.4 Å². The van der Waals surface area contributed by atoms with Gasteiger partial charge in [0.05, 0.1) is 0 Å². The van der Waals surface area contributed by atoms with Crippen molar-refractivity contribution >= 4 is 10.0 Å². The van der Waals surface area contributed by atoms with Crippen LogP contribution < -0.4 is 4.72 Å². The fraction of sp³-hybridized carbons (Fsp3) is 0.636. The molecule has 2 heterocycles. The topological polar surface area (TPSA) is 88.8 Å². The molecule has 1 aromatic rings. The van der Waals surface area contributed by atoms with E-state index in [1.807, 2.05) is 0 Å². The third kappa shape index (κ3) is 2.92. The maximum absolute atomic E-state index is 12.2. The summed E-state index contributed by atoms with van der Waals surface area (Å²) in [6.07, 6.45) is 1.34. The molecule has 102 valence electrons. The standard InChI is InChI=1S/C11H17NO5S/c1-8-11(6-10(7-13)17-8)18(14,15)12-9-2-4-16-5-3-9/h6,9,12-13H,2-5,7H2,1H3. The van der Waals surface area contributed by atoms with Gasteiger partial charge in [0, 0.05) is 25.3 Å². The van der Waals surface area contributed by atoms with Crippen LogP contribution in [0.1, 0.15) is 24.4 Å². The predicted molar refractivity (Wildman–Crippen MR) is 63.5 cm³/mol. The molecule has 1 aromatic heterocycles. The smallest absolute Gasteiger partial charge is 0.244 e. The number of aryl methyl sites for hydroxylation is 1. The van der Waals surface area contributed by atoms with E-state index in [0.29, 0.717) is 31.8 Å². The van der Waals surface area contributed by atoms with E-state index in [2.05, 4.69) is 4.72 Å². The van der Waals surface area contributed by atoms with Gasteiger partial charge in [-0.1, -0.05) is 0 Å². The van der Waals surface area contributed by atoms with Gasteiger partial charge in [-0.15, -0.1) is 0 Å². The van der Waals surface area contributed by atoms with Gasteiger partial charge in [0.25, 0.3) is 0 Å². The Kier molecular flexibility index (Phi) is 4.06. The van der Waals surface area contributed by atoms with Crippen molar-refractivity contribution < 1.29 is 22.7 Å². The maximum atomic E-state index is 12.2. The molecule has 1 fully saturated rings. The Labute approximate surface area is 106 Å². The van der Waals surface area contributed by atoms with Crippen molar-refractivity contribution in [3.63, 3.8) is 0 Å². The highest BCUT2D eigenvalue weighted by Gasteiger charge is 2.25. The molecule has 0 aromatic carbocycles. The minimum Gasteiger partial charge on any atom is -0.462 e. The lowest BCUT2D eigenvalue weighted by atomic mass is 10.1. The molecule has 0 atom stereocenters. The molecule has 0 aliphatic carbocycles. The van der Waals surface area contributed by atoms with Gasteiger partial charge in [-0.25, -0.2) is 13.1 Å². The molecule has 18 heavy (non-hydrogen) atoms. The summed E-state index contributed by atoms with van der Waals surface area (Å²) in [5, 5.41) is 8.94. The second-order valence-corrected chi connectivity index (χ2v) is 5.98. The number of sulfonamides is 1. The summed E-state index contributed by atoms with van der Waals surface area (Å²) in [7, 11) is -3.59. The highest BCUT2D eigenvalue weighted by molar-refractivity contribution is 7.89. The number of furan rings is 1. The number of hydrogen-bond donors (Lipinski definition) is 2. The highest BCUT2D eigenvalue weighted by Crippen LogP contribution is 2.21. The zero-order chi connectivity index (χ0) is 13.2. The molecule has 1 aliphatic rings. The average Bonchev–Trinajstić information content (AvgIpc) is 2.72. The first-order valence-corrected chi connectivity index (χ1v) is 7.31.